The Morgan fingerprint density at radius 3 is 2.35 bits per heavy atom. The van der Waals surface area contributed by atoms with E-state index in [4.69, 9.17) is 4.74 Å². The lowest BCUT2D eigenvalue weighted by molar-refractivity contribution is -0.141. The van der Waals surface area contributed by atoms with E-state index in [2.05, 4.69) is 15.5 Å². The molecule has 3 rings (SSSR count). The molecule has 2 aromatic rings. The minimum atomic E-state index is -0.908. The fourth-order valence-corrected chi connectivity index (χ4v) is 5.08. The Kier molecular flexibility index (Phi) is 9.98. The molecule has 0 aromatic heterocycles. The van der Waals surface area contributed by atoms with Crippen LogP contribution in [0.5, 0.6) is 0 Å². The molecule has 1 saturated carbocycles. The van der Waals surface area contributed by atoms with Crippen LogP contribution in [0.15, 0.2) is 42.5 Å². The Morgan fingerprint density at radius 2 is 1.76 bits per heavy atom. The van der Waals surface area contributed by atoms with Crippen LogP contribution in [0, 0.1) is 6.92 Å². The Hall–Kier alpha value is -3.06. The zero-order valence-electron chi connectivity index (χ0n) is 23.0. The van der Waals surface area contributed by atoms with E-state index in [-0.39, 0.29) is 30.4 Å². The van der Waals surface area contributed by atoms with Crippen molar-refractivity contribution in [3.8, 4) is 0 Å². The lowest BCUT2D eigenvalue weighted by atomic mass is 9.90. The maximum atomic E-state index is 13.1. The van der Waals surface area contributed by atoms with Crippen LogP contribution in [0.3, 0.4) is 0 Å². The number of methoxy groups -OCH3 is 1. The first kappa shape index (κ1) is 28.5. The third kappa shape index (κ3) is 8.49. The molecule has 1 aliphatic carbocycles. The molecule has 2 amide bonds. The fourth-order valence-electron chi connectivity index (χ4n) is 5.08. The van der Waals surface area contributed by atoms with E-state index in [1.165, 1.54) is 13.5 Å². The number of esters is 1. The highest BCUT2D eigenvalue weighted by molar-refractivity contribution is 6.02. The van der Waals surface area contributed by atoms with E-state index in [1.54, 1.807) is 0 Å². The molecule has 202 valence electrons. The van der Waals surface area contributed by atoms with Gasteiger partial charge in [0, 0.05) is 18.3 Å². The predicted octanol–water partition coefficient (Wildman–Crippen LogP) is 6.61. The van der Waals surface area contributed by atoms with E-state index in [9.17, 15) is 14.7 Å². The number of anilines is 3. The van der Waals surface area contributed by atoms with E-state index in [1.807, 2.05) is 70.2 Å². The van der Waals surface area contributed by atoms with Crippen LogP contribution in [0.4, 0.5) is 21.9 Å². The van der Waals surface area contributed by atoms with Gasteiger partial charge in [-0.3, -0.25) is 4.79 Å². The van der Waals surface area contributed by atoms with Crippen molar-refractivity contribution in [1.29, 1.82) is 0 Å². The third-order valence-corrected chi connectivity index (χ3v) is 7.07. The highest BCUT2D eigenvalue weighted by atomic mass is 16.5. The second-order valence-corrected chi connectivity index (χ2v) is 10.8. The number of ether oxygens (including phenoxy) is 1. The van der Waals surface area contributed by atoms with Gasteiger partial charge in [0.05, 0.1) is 30.5 Å². The van der Waals surface area contributed by atoms with E-state index in [0.717, 1.165) is 48.9 Å². The number of carbonyl (C=O) groups is 2. The summed E-state index contributed by atoms with van der Waals surface area (Å²) in [4.78, 5) is 27.4. The van der Waals surface area contributed by atoms with Gasteiger partial charge in [0.25, 0.3) is 0 Å². The standard InChI is InChI=1S/C30H43N3O4/c1-6-22(19-28(34)37-5)23-14-17-27(33(20-30(3,4)36)25-10-8-7-9-11-25)26(18-23)32-29(35)31-24-15-12-21(2)13-16-24/h12-18,22,25,36H,6-11,19-20H2,1-5H3,(H2,31,32,35). The summed E-state index contributed by atoms with van der Waals surface area (Å²) in [6.07, 6.45) is 6.66. The largest absolute Gasteiger partial charge is 0.469 e. The Labute approximate surface area is 221 Å². The first-order chi connectivity index (χ1) is 17.6. The van der Waals surface area contributed by atoms with Crippen LogP contribution in [0.2, 0.25) is 0 Å². The summed E-state index contributed by atoms with van der Waals surface area (Å²) < 4.78 is 4.92. The van der Waals surface area contributed by atoms with Crippen molar-refractivity contribution in [2.45, 2.75) is 90.2 Å². The second kappa shape index (κ2) is 13.0. The predicted molar refractivity (Wildman–Crippen MR) is 150 cm³/mol. The van der Waals surface area contributed by atoms with Gasteiger partial charge >= 0.3 is 12.0 Å². The van der Waals surface area contributed by atoms with Crippen molar-refractivity contribution in [3.05, 3.63) is 53.6 Å². The van der Waals surface area contributed by atoms with Crippen molar-refractivity contribution in [1.82, 2.24) is 0 Å². The molecule has 1 atom stereocenters. The number of hydrogen-bond donors (Lipinski definition) is 3. The zero-order chi connectivity index (χ0) is 27.0. The summed E-state index contributed by atoms with van der Waals surface area (Å²) in [6, 6.07) is 13.6. The number of benzene rings is 2. The van der Waals surface area contributed by atoms with Crippen LogP contribution in [0.1, 0.15) is 82.8 Å². The second-order valence-electron chi connectivity index (χ2n) is 10.8. The molecule has 0 saturated heterocycles. The van der Waals surface area contributed by atoms with E-state index < -0.39 is 5.60 Å². The number of aliphatic hydroxyl groups is 1. The first-order valence-corrected chi connectivity index (χ1v) is 13.4. The summed E-state index contributed by atoms with van der Waals surface area (Å²) in [5.41, 5.74) is 3.43. The average Bonchev–Trinajstić information content (AvgIpc) is 2.87. The lowest BCUT2D eigenvalue weighted by Gasteiger charge is -2.40. The summed E-state index contributed by atoms with van der Waals surface area (Å²) in [6.45, 7) is 8.13. The zero-order valence-corrected chi connectivity index (χ0v) is 23.0. The number of aryl methyl sites for hydroxylation is 1. The minimum absolute atomic E-state index is 0.0281. The number of amides is 2. The van der Waals surface area contributed by atoms with Crippen LogP contribution in [-0.2, 0) is 9.53 Å². The monoisotopic (exact) mass is 509 g/mol. The molecule has 0 aliphatic heterocycles. The summed E-state index contributed by atoms with van der Waals surface area (Å²) in [5, 5.41) is 16.8. The topological polar surface area (TPSA) is 90.9 Å². The first-order valence-electron chi connectivity index (χ1n) is 13.4. The Bertz CT molecular complexity index is 1040. The molecule has 3 N–H and O–H groups in total. The van der Waals surface area contributed by atoms with Gasteiger partial charge < -0.3 is 25.4 Å². The molecule has 1 unspecified atom stereocenters. The van der Waals surface area contributed by atoms with Crippen LogP contribution < -0.4 is 15.5 Å². The molecule has 0 spiro atoms. The smallest absolute Gasteiger partial charge is 0.323 e. The van der Waals surface area contributed by atoms with Gasteiger partial charge in [0.15, 0.2) is 0 Å². The van der Waals surface area contributed by atoms with Gasteiger partial charge in [-0.2, -0.15) is 0 Å². The molecule has 7 nitrogen and oxygen atoms in total. The normalized spacial score (nSPS) is 15.1. The van der Waals surface area contributed by atoms with Crippen molar-refractivity contribution in [2.24, 2.45) is 0 Å². The Balaban J connectivity index is 1.99. The highest BCUT2D eigenvalue weighted by Crippen LogP contribution is 2.37. The van der Waals surface area contributed by atoms with E-state index in [0.29, 0.717) is 17.9 Å². The quantitative estimate of drug-likeness (QED) is 0.314. The molecule has 0 bridgehead atoms. The van der Waals surface area contributed by atoms with Gasteiger partial charge in [-0.25, -0.2) is 4.79 Å². The molecular weight excluding hydrogens is 466 g/mol. The van der Waals surface area contributed by atoms with Crippen LogP contribution in [0.25, 0.3) is 0 Å². The van der Waals surface area contributed by atoms with Gasteiger partial charge in [0.2, 0.25) is 0 Å². The summed E-state index contributed by atoms with van der Waals surface area (Å²) in [5.74, 6) is -0.284. The number of rotatable bonds is 10. The summed E-state index contributed by atoms with van der Waals surface area (Å²) in [7, 11) is 1.40. The summed E-state index contributed by atoms with van der Waals surface area (Å²) >= 11 is 0. The number of hydrogen-bond acceptors (Lipinski definition) is 5. The molecular formula is C30H43N3O4. The van der Waals surface area contributed by atoms with Gasteiger partial charge in [0.1, 0.15) is 0 Å². The molecule has 2 aromatic carbocycles. The highest BCUT2D eigenvalue weighted by Gasteiger charge is 2.29. The molecule has 1 fully saturated rings. The molecule has 0 heterocycles. The van der Waals surface area contributed by atoms with Gasteiger partial charge in [-0.1, -0.05) is 49.9 Å². The van der Waals surface area contributed by atoms with Crippen molar-refractivity contribution >= 4 is 29.1 Å². The number of nitrogens with zero attached hydrogens (tertiary/aromatic N) is 1. The maximum Gasteiger partial charge on any atom is 0.323 e. The Morgan fingerprint density at radius 1 is 1.08 bits per heavy atom. The maximum absolute atomic E-state index is 13.1. The third-order valence-electron chi connectivity index (χ3n) is 7.07. The van der Waals surface area contributed by atoms with Crippen LogP contribution in [-0.4, -0.2) is 42.4 Å². The average molecular weight is 510 g/mol. The molecule has 37 heavy (non-hydrogen) atoms. The van der Waals surface area contributed by atoms with Crippen molar-refractivity contribution in [3.63, 3.8) is 0 Å². The molecule has 0 radical (unpaired) electrons. The fraction of sp³-hybridized carbons (Fsp3) is 0.533. The number of nitrogens with one attached hydrogen (secondary N) is 2. The van der Waals surface area contributed by atoms with Crippen molar-refractivity contribution in [2.75, 3.05) is 29.2 Å². The number of urea groups is 1. The minimum Gasteiger partial charge on any atom is -0.469 e. The van der Waals surface area contributed by atoms with Crippen molar-refractivity contribution < 1.29 is 19.4 Å². The molecule has 7 heteroatoms. The van der Waals surface area contributed by atoms with Gasteiger partial charge in [-0.05, 0) is 75.8 Å². The van der Waals surface area contributed by atoms with E-state index >= 15 is 0 Å². The number of carbonyl (C=O) groups excluding carboxylic acids is 2. The SMILES string of the molecule is CCC(CC(=O)OC)c1ccc(N(CC(C)(C)O)C2CCCCC2)c(NC(=O)Nc2ccc(C)cc2)c1. The van der Waals surface area contributed by atoms with Gasteiger partial charge in [-0.15, -0.1) is 0 Å². The lowest BCUT2D eigenvalue weighted by Crippen LogP contribution is -2.46. The molecule has 1 aliphatic rings. The van der Waals surface area contributed by atoms with Crippen LogP contribution >= 0.6 is 0 Å².